The van der Waals surface area contributed by atoms with Gasteiger partial charge in [0, 0.05) is 57.0 Å². The van der Waals surface area contributed by atoms with Crippen LogP contribution in [0.3, 0.4) is 0 Å². The first-order chi connectivity index (χ1) is 26.3. The average molecular weight is 905 g/mol. The number of ether oxygens (including phenoxy) is 2. The van der Waals surface area contributed by atoms with Crippen molar-refractivity contribution in [3.63, 3.8) is 0 Å². The van der Waals surface area contributed by atoms with E-state index in [4.69, 9.17) is 22.1 Å². The van der Waals surface area contributed by atoms with Gasteiger partial charge in [-0.25, -0.2) is 15.0 Å². The van der Waals surface area contributed by atoms with E-state index >= 15 is 0 Å². The number of nitro groups is 2. The van der Waals surface area contributed by atoms with E-state index in [1.54, 1.807) is 18.3 Å². The fraction of sp³-hybridized carbons (Fsp3) is 0.0588. The molecule has 5 N–H and O–H groups in total. The van der Waals surface area contributed by atoms with E-state index < -0.39 is 32.9 Å². The highest BCUT2D eigenvalue weighted by atomic mass is 79.9. The largest absolute Gasteiger partial charge is 0.494 e. The number of nitrogens with two attached hydrogens (primary N) is 1. The fourth-order valence-electron chi connectivity index (χ4n) is 4.27. The van der Waals surface area contributed by atoms with Gasteiger partial charge in [-0.2, -0.15) is 13.8 Å². The molecule has 0 bridgehead atoms. The van der Waals surface area contributed by atoms with Gasteiger partial charge in [0.2, 0.25) is 22.9 Å². The predicted molar refractivity (Wildman–Crippen MR) is 211 cm³/mol. The average Bonchev–Trinajstić information content (AvgIpc) is 3.13. The Bertz CT molecular complexity index is 2270. The molecule has 0 fully saturated rings. The lowest BCUT2D eigenvalue weighted by atomic mass is 10.2. The Balaban J connectivity index is 0.000000202. The van der Waals surface area contributed by atoms with E-state index in [2.05, 4.69) is 72.5 Å². The van der Waals surface area contributed by atoms with Crippen molar-refractivity contribution in [2.75, 3.05) is 35.9 Å². The van der Waals surface area contributed by atoms with Crippen LogP contribution in [0.5, 0.6) is 11.5 Å². The van der Waals surface area contributed by atoms with Crippen LogP contribution in [0.1, 0.15) is 0 Å². The summed E-state index contributed by atoms with van der Waals surface area (Å²) in [4.78, 5) is 35.8. The quantitative estimate of drug-likeness (QED) is 0.0435. The molecule has 0 unspecified atom stereocenters. The van der Waals surface area contributed by atoms with Gasteiger partial charge in [0.15, 0.2) is 0 Å². The summed E-state index contributed by atoms with van der Waals surface area (Å²) in [7, 11) is 2.63. The Labute approximate surface area is 332 Å². The topological polar surface area (TPSA) is 218 Å². The first-order valence-electron chi connectivity index (χ1n) is 15.2. The first-order valence-corrected chi connectivity index (χ1v) is 17.2. The van der Waals surface area contributed by atoms with Crippen LogP contribution < -0.4 is 31.2 Å². The number of nitrogen functional groups attached to an aromatic ring is 1. The first kappa shape index (κ1) is 41.5. The molecular formula is C34H27Br2ClF2N10O6. The van der Waals surface area contributed by atoms with Crippen LogP contribution >= 0.6 is 43.5 Å². The molecule has 0 atom stereocenters. The number of hydrogen-bond donors (Lipinski definition) is 4. The number of nitro benzene ring substituents is 2. The summed E-state index contributed by atoms with van der Waals surface area (Å²) in [5, 5.41) is 30.5. The molecule has 4 aromatic carbocycles. The number of aromatic nitrogens is 4. The number of nitrogens with one attached hydrogen (secondary N) is 3. The summed E-state index contributed by atoms with van der Waals surface area (Å²) in [6, 6.07) is 22.5. The molecule has 0 saturated carbocycles. The third-order valence-electron chi connectivity index (χ3n) is 6.68. The molecule has 2 aromatic heterocycles. The lowest BCUT2D eigenvalue weighted by Crippen LogP contribution is -2.03. The number of rotatable bonds is 10. The van der Waals surface area contributed by atoms with Crippen molar-refractivity contribution in [2.24, 2.45) is 0 Å². The smallest absolute Gasteiger partial charge is 0.307 e. The van der Waals surface area contributed by atoms with E-state index in [1.165, 1.54) is 20.4 Å². The third-order valence-corrected chi connectivity index (χ3v) is 7.85. The minimum Gasteiger partial charge on any atom is -0.494 e. The van der Waals surface area contributed by atoms with Gasteiger partial charge >= 0.3 is 11.4 Å². The highest BCUT2D eigenvalue weighted by molar-refractivity contribution is 9.10. The van der Waals surface area contributed by atoms with Crippen LogP contribution in [0.4, 0.5) is 60.5 Å². The zero-order valence-corrected chi connectivity index (χ0v) is 32.3. The maximum absolute atomic E-state index is 13.8. The highest BCUT2D eigenvalue weighted by Crippen LogP contribution is 2.33. The summed E-state index contributed by atoms with van der Waals surface area (Å²) >= 11 is 12.5. The summed E-state index contributed by atoms with van der Waals surface area (Å²) in [6.45, 7) is 0. The molecule has 55 heavy (non-hydrogen) atoms. The Morgan fingerprint density at radius 3 is 1.73 bits per heavy atom. The van der Waals surface area contributed by atoms with Crippen molar-refractivity contribution in [3.8, 4) is 11.5 Å². The van der Waals surface area contributed by atoms with E-state index in [1.807, 2.05) is 48.5 Å². The van der Waals surface area contributed by atoms with Gasteiger partial charge in [0.05, 0.1) is 35.4 Å². The molecule has 0 aliphatic heterocycles. The van der Waals surface area contributed by atoms with E-state index in [9.17, 15) is 29.0 Å². The molecule has 0 aliphatic rings. The predicted octanol–water partition coefficient (Wildman–Crippen LogP) is 9.74. The number of anilines is 7. The second-order valence-electron chi connectivity index (χ2n) is 10.4. The lowest BCUT2D eigenvalue weighted by molar-refractivity contribution is -0.387. The Hall–Kier alpha value is -6.25. The van der Waals surface area contributed by atoms with Crippen molar-refractivity contribution in [3.05, 3.63) is 143 Å². The lowest BCUT2D eigenvalue weighted by Gasteiger charge is -2.11. The molecule has 6 aromatic rings. The third kappa shape index (κ3) is 12.4. The standard InChI is InChI=1S/C17H13BrFN5O3.C10H7BrClN3.C7H7FN2O3/c1-27-15-8-12(19)14(24(25)26)9-13(15)22-17-20-6-5-16(23-17)21-11-4-2-3-10(18)7-11;11-7-2-1-3-8(6-7)14-9-4-5-13-10(12)15-9;1-13-7-2-4(8)6(10(11)12)3-5(7)9/h2-9H,1H3,(H2,20,21,22,23);1-6H,(H,13,14,15);2-3H,9H2,1H3. The molecule has 0 saturated heterocycles. The van der Waals surface area contributed by atoms with Gasteiger partial charge in [-0.05, 0) is 60.1 Å². The summed E-state index contributed by atoms with van der Waals surface area (Å²) < 4.78 is 38.3. The van der Waals surface area contributed by atoms with Gasteiger partial charge in [-0.15, -0.1) is 0 Å². The van der Waals surface area contributed by atoms with Crippen molar-refractivity contribution in [1.82, 2.24) is 19.9 Å². The van der Waals surface area contributed by atoms with Gasteiger partial charge in [0.1, 0.15) is 23.1 Å². The molecule has 0 amide bonds. The highest BCUT2D eigenvalue weighted by Gasteiger charge is 2.20. The molecular weight excluding hydrogens is 878 g/mol. The number of nitrogens with zero attached hydrogens (tertiary/aromatic N) is 6. The molecule has 0 spiro atoms. The molecule has 16 nitrogen and oxygen atoms in total. The Morgan fingerprint density at radius 1 is 0.709 bits per heavy atom. The van der Waals surface area contributed by atoms with Gasteiger partial charge in [0.25, 0.3) is 0 Å². The molecule has 6 rings (SSSR count). The van der Waals surface area contributed by atoms with E-state index in [0.29, 0.717) is 11.6 Å². The Morgan fingerprint density at radius 2 is 1.22 bits per heavy atom. The van der Waals surface area contributed by atoms with Crippen molar-refractivity contribution >= 4 is 95.2 Å². The molecule has 284 valence electrons. The number of benzene rings is 4. The Kier molecular flexibility index (Phi) is 14.9. The number of hydrogen-bond acceptors (Lipinski definition) is 14. The van der Waals surface area contributed by atoms with E-state index in [-0.39, 0.29) is 34.1 Å². The fourth-order valence-corrected chi connectivity index (χ4v) is 5.21. The van der Waals surface area contributed by atoms with Gasteiger partial charge in [-0.3, -0.25) is 20.2 Å². The van der Waals surface area contributed by atoms with Crippen LogP contribution in [0, 0.1) is 31.9 Å². The normalized spacial score (nSPS) is 10.1. The SMILES string of the molecule is COc1cc(F)c([N+](=O)[O-])cc1N.COc1cc(F)c([N+](=O)[O-])cc1Nc1nccc(Nc2cccc(Br)c2)n1.Clc1nccc(Nc2cccc(Br)c2)n1. The minimum atomic E-state index is -0.992. The van der Waals surface area contributed by atoms with Gasteiger partial charge < -0.3 is 31.2 Å². The van der Waals surface area contributed by atoms with Crippen LogP contribution in [-0.4, -0.2) is 44.0 Å². The second kappa shape index (κ2) is 19.7. The summed E-state index contributed by atoms with van der Waals surface area (Å²) in [5.74, 6) is -0.442. The molecule has 21 heteroatoms. The van der Waals surface area contributed by atoms with Crippen LogP contribution in [0.2, 0.25) is 5.28 Å². The maximum atomic E-state index is 13.8. The van der Waals surface area contributed by atoms with Crippen LogP contribution in [0.15, 0.2) is 106 Å². The van der Waals surface area contributed by atoms with Crippen LogP contribution in [0.25, 0.3) is 0 Å². The molecule has 2 heterocycles. The minimum absolute atomic E-state index is 0.0376. The maximum Gasteiger partial charge on any atom is 0.307 e. The monoisotopic (exact) mass is 902 g/mol. The summed E-state index contributed by atoms with van der Waals surface area (Å²) in [6.07, 6.45) is 3.12. The van der Waals surface area contributed by atoms with Gasteiger partial charge in [-0.1, -0.05) is 44.0 Å². The molecule has 0 aliphatic carbocycles. The zero-order valence-electron chi connectivity index (χ0n) is 28.3. The second-order valence-corrected chi connectivity index (χ2v) is 12.6. The van der Waals surface area contributed by atoms with Crippen molar-refractivity contribution in [1.29, 1.82) is 0 Å². The summed E-state index contributed by atoms with van der Waals surface area (Å²) in [5.41, 5.74) is 5.97. The number of methoxy groups -OCH3 is 2. The zero-order chi connectivity index (χ0) is 40.1. The number of halogens is 5. The van der Waals surface area contributed by atoms with Crippen molar-refractivity contribution < 1.29 is 28.1 Å². The van der Waals surface area contributed by atoms with Crippen molar-refractivity contribution in [2.45, 2.75) is 0 Å². The van der Waals surface area contributed by atoms with Crippen LogP contribution in [-0.2, 0) is 0 Å². The molecule has 0 radical (unpaired) electrons. The van der Waals surface area contributed by atoms with E-state index in [0.717, 1.165) is 44.6 Å².